The molecule has 0 aromatic heterocycles. The minimum atomic E-state index is 0.304. The molecule has 2 unspecified atom stereocenters. The molecule has 2 saturated carbocycles. The van der Waals surface area contributed by atoms with E-state index in [9.17, 15) is 0 Å². The Labute approximate surface area is 91.2 Å². The minimum absolute atomic E-state index is 0.304. The number of hydrogen-bond donors (Lipinski definition) is 1. The average Bonchev–Trinajstić information content (AvgIpc) is 3.10. The van der Waals surface area contributed by atoms with E-state index in [0.717, 1.165) is 19.3 Å². The molecule has 1 heteroatoms. The van der Waals surface area contributed by atoms with E-state index in [1.165, 1.54) is 29.6 Å². The van der Waals surface area contributed by atoms with Gasteiger partial charge in [0.05, 0.1) is 0 Å². The molecule has 3 rings (SSSR count). The number of allylic oxidation sites excluding steroid dienone is 4. The molecular weight excluding hydrogens is 184 g/mol. The van der Waals surface area contributed by atoms with E-state index in [1.807, 2.05) is 0 Å². The average molecular weight is 202 g/mol. The fourth-order valence-electron chi connectivity index (χ4n) is 3.17. The summed E-state index contributed by atoms with van der Waals surface area (Å²) in [4.78, 5) is 0. The quantitative estimate of drug-likeness (QED) is 0.537. The van der Waals surface area contributed by atoms with E-state index in [-0.39, 0.29) is 0 Å². The lowest BCUT2D eigenvalue weighted by atomic mass is 10.0. The fourth-order valence-corrected chi connectivity index (χ4v) is 3.17. The van der Waals surface area contributed by atoms with E-state index < -0.39 is 0 Å². The second kappa shape index (κ2) is 2.65. The SMILES string of the molecule is C=C(CCCCO)C1=CC12CC21CC1=C. The Bertz CT molecular complexity index is 390. The first kappa shape index (κ1) is 9.41. The van der Waals surface area contributed by atoms with Crippen LogP contribution in [-0.4, -0.2) is 11.7 Å². The highest BCUT2D eigenvalue weighted by Crippen LogP contribution is 2.90. The summed E-state index contributed by atoms with van der Waals surface area (Å²) in [6.45, 7) is 8.56. The molecule has 0 aromatic rings. The zero-order valence-corrected chi connectivity index (χ0v) is 9.18. The maximum Gasteiger partial charge on any atom is 0.0431 e. The van der Waals surface area contributed by atoms with E-state index >= 15 is 0 Å². The van der Waals surface area contributed by atoms with Crippen molar-refractivity contribution in [1.82, 2.24) is 0 Å². The third kappa shape index (κ3) is 1.07. The van der Waals surface area contributed by atoms with Crippen molar-refractivity contribution in [3.8, 4) is 0 Å². The zero-order chi connectivity index (χ0) is 10.7. The highest BCUT2D eigenvalue weighted by Gasteiger charge is 2.81. The van der Waals surface area contributed by atoms with Gasteiger partial charge in [0.1, 0.15) is 0 Å². The molecule has 0 amide bonds. The molecule has 15 heavy (non-hydrogen) atoms. The normalized spacial score (nSPS) is 39.5. The lowest BCUT2D eigenvalue weighted by Crippen LogP contribution is -1.90. The van der Waals surface area contributed by atoms with E-state index in [2.05, 4.69) is 19.2 Å². The van der Waals surface area contributed by atoms with Crippen molar-refractivity contribution in [2.24, 2.45) is 10.8 Å². The molecule has 2 atom stereocenters. The van der Waals surface area contributed by atoms with Crippen LogP contribution in [0, 0.1) is 10.8 Å². The first-order valence-corrected chi connectivity index (χ1v) is 5.87. The summed E-state index contributed by atoms with van der Waals surface area (Å²) >= 11 is 0. The van der Waals surface area contributed by atoms with Crippen LogP contribution in [0.3, 0.4) is 0 Å². The highest BCUT2D eigenvalue weighted by molar-refractivity contribution is 5.68. The van der Waals surface area contributed by atoms with Gasteiger partial charge >= 0.3 is 0 Å². The summed E-state index contributed by atoms with van der Waals surface area (Å²) < 4.78 is 0. The van der Waals surface area contributed by atoms with E-state index in [4.69, 9.17) is 5.11 Å². The summed E-state index contributed by atoms with van der Waals surface area (Å²) in [6.07, 6.45) is 7.99. The van der Waals surface area contributed by atoms with Gasteiger partial charge < -0.3 is 5.11 Å². The predicted octanol–water partition coefficient (Wildman–Crippen LogP) is 2.98. The van der Waals surface area contributed by atoms with E-state index in [0.29, 0.717) is 17.4 Å². The van der Waals surface area contributed by atoms with Gasteiger partial charge in [-0.2, -0.15) is 0 Å². The van der Waals surface area contributed by atoms with Crippen molar-refractivity contribution < 1.29 is 5.11 Å². The van der Waals surface area contributed by atoms with Crippen LogP contribution in [0.2, 0.25) is 0 Å². The van der Waals surface area contributed by atoms with Gasteiger partial charge in [-0.3, -0.25) is 0 Å². The van der Waals surface area contributed by atoms with Crippen LogP contribution in [0.25, 0.3) is 0 Å². The lowest BCUT2D eigenvalue weighted by Gasteiger charge is -2.02. The Kier molecular flexibility index (Phi) is 1.66. The fraction of sp³-hybridized carbons (Fsp3) is 0.571. The standard InChI is InChI=1S/C14H18O/c1-10(5-3-4-6-15)12-8-14(12)9-13(14)7-11(13)2/h8,15H,1-7,9H2. The number of aliphatic hydroxyl groups excluding tert-OH is 1. The highest BCUT2D eigenvalue weighted by atomic mass is 16.2. The van der Waals surface area contributed by atoms with Gasteiger partial charge in [0, 0.05) is 17.4 Å². The molecule has 0 saturated heterocycles. The number of fused-ring (bicyclic) bond motifs is 1. The summed E-state index contributed by atoms with van der Waals surface area (Å²) in [6, 6.07) is 0. The van der Waals surface area contributed by atoms with Crippen LogP contribution in [-0.2, 0) is 0 Å². The van der Waals surface area contributed by atoms with Crippen LogP contribution >= 0.6 is 0 Å². The molecule has 2 spiro atoms. The van der Waals surface area contributed by atoms with Crippen LogP contribution in [0.1, 0.15) is 32.1 Å². The monoisotopic (exact) mass is 202 g/mol. The van der Waals surface area contributed by atoms with Gasteiger partial charge in [0.2, 0.25) is 0 Å². The molecule has 0 bridgehead atoms. The van der Waals surface area contributed by atoms with Crippen molar-refractivity contribution >= 4 is 0 Å². The number of rotatable bonds is 5. The predicted molar refractivity (Wildman–Crippen MR) is 61.4 cm³/mol. The van der Waals surface area contributed by atoms with Crippen molar-refractivity contribution in [3.63, 3.8) is 0 Å². The van der Waals surface area contributed by atoms with Crippen LogP contribution in [0.5, 0.6) is 0 Å². The van der Waals surface area contributed by atoms with Crippen LogP contribution in [0.4, 0.5) is 0 Å². The molecular formula is C14H18O. The Morgan fingerprint density at radius 3 is 2.73 bits per heavy atom. The second-order valence-electron chi connectivity index (χ2n) is 5.35. The van der Waals surface area contributed by atoms with Gasteiger partial charge in [-0.1, -0.05) is 30.4 Å². The van der Waals surface area contributed by atoms with E-state index in [1.54, 1.807) is 0 Å². The van der Waals surface area contributed by atoms with Crippen molar-refractivity contribution in [2.75, 3.05) is 6.61 Å². The summed E-state index contributed by atoms with van der Waals surface area (Å²) in [7, 11) is 0. The van der Waals surface area contributed by atoms with Gasteiger partial charge in [-0.25, -0.2) is 0 Å². The van der Waals surface area contributed by atoms with Crippen LogP contribution in [0.15, 0.2) is 36.0 Å². The first-order chi connectivity index (χ1) is 7.16. The zero-order valence-electron chi connectivity index (χ0n) is 9.18. The summed E-state index contributed by atoms with van der Waals surface area (Å²) in [5.41, 5.74) is 5.24. The van der Waals surface area contributed by atoms with Gasteiger partial charge in [-0.15, -0.1) is 0 Å². The molecule has 3 aliphatic rings. The van der Waals surface area contributed by atoms with Crippen molar-refractivity contribution in [3.05, 3.63) is 36.0 Å². The second-order valence-corrected chi connectivity index (χ2v) is 5.35. The summed E-state index contributed by atoms with van der Waals surface area (Å²) in [5.74, 6) is 0. The number of aliphatic hydroxyl groups is 1. The topological polar surface area (TPSA) is 20.2 Å². The molecule has 80 valence electrons. The van der Waals surface area contributed by atoms with Crippen molar-refractivity contribution in [1.29, 1.82) is 0 Å². The number of unbranched alkanes of at least 4 members (excludes halogenated alkanes) is 1. The van der Waals surface area contributed by atoms with Gasteiger partial charge in [-0.05, 0) is 37.7 Å². The molecule has 1 nitrogen and oxygen atoms in total. The molecule has 3 aliphatic carbocycles. The van der Waals surface area contributed by atoms with Crippen LogP contribution < -0.4 is 0 Å². The molecule has 0 aromatic carbocycles. The smallest absolute Gasteiger partial charge is 0.0431 e. The molecule has 2 fully saturated rings. The third-order valence-corrected chi connectivity index (χ3v) is 4.43. The maximum absolute atomic E-state index is 8.72. The maximum atomic E-state index is 8.72. The molecule has 0 radical (unpaired) electrons. The third-order valence-electron chi connectivity index (χ3n) is 4.43. The molecule has 0 heterocycles. The number of hydrogen-bond acceptors (Lipinski definition) is 1. The largest absolute Gasteiger partial charge is 0.396 e. The Morgan fingerprint density at radius 1 is 1.47 bits per heavy atom. The summed E-state index contributed by atoms with van der Waals surface area (Å²) in [5, 5.41) is 8.72. The lowest BCUT2D eigenvalue weighted by molar-refractivity contribution is 0.284. The Morgan fingerprint density at radius 2 is 2.20 bits per heavy atom. The molecule has 1 N–H and O–H groups in total. The first-order valence-electron chi connectivity index (χ1n) is 5.87. The minimum Gasteiger partial charge on any atom is -0.396 e. The Balaban J connectivity index is 1.53. The molecule has 0 aliphatic heterocycles. The Hall–Kier alpha value is -0.820. The van der Waals surface area contributed by atoms with Gasteiger partial charge in [0.25, 0.3) is 0 Å². The van der Waals surface area contributed by atoms with Crippen molar-refractivity contribution in [2.45, 2.75) is 32.1 Å². The van der Waals surface area contributed by atoms with Gasteiger partial charge in [0.15, 0.2) is 0 Å².